The Bertz CT molecular complexity index is 82.2. The second-order valence-electron chi connectivity index (χ2n) is 2.92. The summed E-state index contributed by atoms with van der Waals surface area (Å²) in [5.41, 5.74) is -0.631. The summed E-state index contributed by atoms with van der Waals surface area (Å²) in [6.45, 7) is 7.04. The second kappa shape index (κ2) is 6.53. The minimum absolute atomic E-state index is 0.183. The van der Waals surface area contributed by atoms with Gasteiger partial charge in [0.05, 0.1) is 0 Å². The predicted octanol–water partition coefficient (Wildman–Crippen LogP) is 2.69. The minimum Gasteiger partial charge on any atom is -0.396 e. The summed E-state index contributed by atoms with van der Waals surface area (Å²) in [5, 5.41) is 8.51. The van der Waals surface area contributed by atoms with E-state index in [1.807, 2.05) is 13.8 Å². The van der Waals surface area contributed by atoms with Crippen molar-refractivity contribution >= 4 is 0 Å². The second-order valence-corrected chi connectivity index (χ2v) is 2.92. The molecule has 0 bridgehead atoms. The van der Waals surface area contributed by atoms with Crippen LogP contribution in [0, 0.1) is 5.41 Å². The van der Waals surface area contributed by atoms with Crippen molar-refractivity contribution in [2.24, 2.45) is 5.41 Å². The first kappa shape index (κ1) is 13.4. The number of halogens is 2. The molecule has 0 fully saturated rings. The molecule has 0 aliphatic carbocycles. The lowest BCUT2D eigenvalue weighted by atomic mass is 9.91. The fourth-order valence-corrected chi connectivity index (χ4v) is 0.482. The average molecular weight is 168 g/mol. The zero-order chi connectivity index (χ0) is 9.49. The lowest BCUT2D eigenvalue weighted by molar-refractivity contribution is 0.0537. The monoisotopic (exact) mass is 168 g/mol. The zero-order valence-electron chi connectivity index (χ0n) is 7.69. The highest BCUT2D eigenvalue weighted by atomic mass is 19.3. The van der Waals surface area contributed by atoms with Crippen LogP contribution in [0.1, 0.15) is 34.1 Å². The standard InChI is InChI=1S/C6H12F2O.C2H6/c1-6(2,4-9)3-5(7)8;1-2/h5,9H,3-4H2,1-2H3;1-2H3. The number of hydrogen-bond acceptors (Lipinski definition) is 1. The van der Waals surface area contributed by atoms with Crippen LogP contribution in [0.5, 0.6) is 0 Å². The SMILES string of the molecule is CC.CC(C)(CO)CC(F)F. The number of rotatable bonds is 3. The van der Waals surface area contributed by atoms with Gasteiger partial charge in [0.2, 0.25) is 6.43 Å². The number of aliphatic hydroxyl groups excluding tert-OH is 1. The Hall–Kier alpha value is -0.180. The molecule has 70 valence electrons. The third kappa shape index (κ3) is 9.82. The van der Waals surface area contributed by atoms with E-state index < -0.39 is 11.8 Å². The molecule has 1 nitrogen and oxygen atoms in total. The van der Waals surface area contributed by atoms with Gasteiger partial charge in [-0.1, -0.05) is 27.7 Å². The predicted molar refractivity (Wildman–Crippen MR) is 42.8 cm³/mol. The Morgan fingerprint density at radius 3 is 1.73 bits per heavy atom. The molecule has 0 spiro atoms. The maximum Gasteiger partial charge on any atom is 0.239 e. The van der Waals surface area contributed by atoms with Gasteiger partial charge in [-0.3, -0.25) is 0 Å². The summed E-state index contributed by atoms with van der Waals surface area (Å²) in [6.07, 6.45) is -2.55. The van der Waals surface area contributed by atoms with E-state index in [9.17, 15) is 8.78 Å². The Balaban J connectivity index is 0. The molecule has 0 aliphatic heterocycles. The lowest BCUT2D eigenvalue weighted by Gasteiger charge is -2.19. The van der Waals surface area contributed by atoms with E-state index in [2.05, 4.69) is 0 Å². The molecule has 0 saturated carbocycles. The van der Waals surface area contributed by atoms with Crippen molar-refractivity contribution in [2.75, 3.05) is 6.61 Å². The fourth-order valence-electron chi connectivity index (χ4n) is 0.482. The van der Waals surface area contributed by atoms with Gasteiger partial charge in [0.15, 0.2) is 0 Å². The summed E-state index contributed by atoms with van der Waals surface area (Å²) < 4.78 is 23.2. The van der Waals surface area contributed by atoms with Crippen molar-refractivity contribution in [1.29, 1.82) is 0 Å². The fraction of sp³-hybridized carbons (Fsp3) is 1.00. The summed E-state index contributed by atoms with van der Waals surface area (Å²) in [7, 11) is 0. The first-order chi connectivity index (χ1) is 4.98. The van der Waals surface area contributed by atoms with Crippen LogP contribution < -0.4 is 0 Å². The summed E-state index contributed by atoms with van der Waals surface area (Å²) in [4.78, 5) is 0. The largest absolute Gasteiger partial charge is 0.396 e. The summed E-state index contributed by atoms with van der Waals surface area (Å²) in [6, 6.07) is 0. The normalized spacial score (nSPS) is 10.9. The van der Waals surface area contributed by atoms with E-state index in [0.717, 1.165) is 0 Å². The van der Waals surface area contributed by atoms with Crippen molar-refractivity contribution in [2.45, 2.75) is 40.5 Å². The number of aliphatic hydroxyl groups is 1. The van der Waals surface area contributed by atoms with E-state index in [0.29, 0.717) is 0 Å². The Morgan fingerprint density at radius 1 is 1.27 bits per heavy atom. The molecular formula is C8H18F2O. The maximum absolute atomic E-state index is 11.6. The molecule has 0 atom stereocenters. The summed E-state index contributed by atoms with van der Waals surface area (Å²) >= 11 is 0. The van der Waals surface area contributed by atoms with Gasteiger partial charge < -0.3 is 5.11 Å². The van der Waals surface area contributed by atoms with Gasteiger partial charge >= 0.3 is 0 Å². The van der Waals surface area contributed by atoms with E-state index in [1.165, 1.54) is 0 Å². The van der Waals surface area contributed by atoms with Gasteiger partial charge in [0, 0.05) is 13.0 Å². The van der Waals surface area contributed by atoms with E-state index in [-0.39, 0.29) is 13.0 Å². The molecular weight excluding hydrogens is 150 g/mol. The highest BCUT2D eigenvalue weighted by molar-refractivity contribution is 4.67. The third-order valence-corrected chi connectivity index (χ3v) is 1.13. The van der Waals surface area contributed by atoms with Crippen LogP contribution in [0.4, 0.5) is 8.78 Å². The summed E-state index contributed by atoms with van der Waals surface area (Å²) in [5.74, 6) is 0. The van der Waals surface area contributed by atoms with Crippen LogP contribution in [0.15, 0.2) is 0 Å². The van der Waals surface area contributed by atoms with Gasteiger partial charge in [-0.25, -0.2) is 8.78 Å². The van der Waals surface area contributed by atoms with Crippen LogP contribution >= 0.6 is 0 Å². The average Bonchev–Trinajstić information content (AvgIpc) is 1.90. The Kier molecular flexibility index (Phi) is 7.96. The van der Waals surface area contributed by atoms with Crippen LogP contribution in [0.3, 0.4) is 0 Å². The molecule has 11 heavy (non-hydrogen) atoms. The number of hydrogen-bond donors (Lipinski definition) is 1. The topological polar surface area (TPSA) is 20.2 Å². The highest BCUT2D eigenvalue weighted by Gasteiger charge is 2.21. The van der Waals surface area contributed by atoms with Crippen LogP contribution in [-0.2, 0) is 0 Å². The van der Waals surface area contributed by atoms with Gasteiger partial charge in [-0.05, 0) is 5.41 Å². The van der Waals surface area contributed by atoms with Gasteiger partial charge in [-0.2, -0.15) is 0 Å². The molecule has 0 rings (SSSR count). The van der Waals surface area contributed by atoms with Gasteiger partial charge in [0.1, 0.15) is 0 Å². The Labute approximate surface area is 67.4 Å². The molecule has 0 aromatic heterocycles. The molecule has 0 saturated heterocycles. The molecule has 0 aromatic carbocycles. The minimum atomic E-state index is -2.31. The van der Waals surface area contributed by atoms with Crippen LogP contribution in [-0.4, -0.2) is 18.1 Å². The first-order valence-corrected chi connectivity index (χ1v) is 3.87. The molecule has 0 unspecified atom stereocenters. The van der Waals surface area contributed by atoms with Crippen molar-refractivity contribution in [3.05, 3.63) is 0 Å². The first-order valence-electron chi connectivity index (χ1n) is 3.87. The van der Waals surface area contributed by atoms with Crippen molar-refractivity contribution in [3.8, 4) is 0 Å². The van der Waals surface area contributed by atoms with E-state index in [1.54, 1.807) is 13.8 Å². The smallest absolute Gasteiger partial charge is 0.239 e. The lowest BCUT2D eigenvalue weighted by Crippen LogP contribution is -2.19. The molecule has 0 amide bonds. The molecule has 1 N–H and O–H groups in total. The molecule has 0 aliphatic rings. The van der Waals surface area contributed by atoms with Crippen LogP contribution in [0.2, 0.25) is 0 Å². The third-order valence-electron chi connectivity index (χ3n) is 1.13. The maximum atomic E-state index is 11.6. The van der Waals surface area contributed by atoms with Crippen molar-refractivity contribution < 1.29 is 13.9 Å². The molecule has 0 radical (unpaired) electrons. The van der Waals surface area contributed by atoms with Gasteiger partial charge in [-0.15, -0.1) is 0 Å². The van der Waals surface area contributed by atoms with Crippen molar-refractivity contribution in [1.82, 2.24) is 0 Å². The number of alkyl halides is 2. The van der Waals surface area contributed by atoms with E-state index in [4.69, 9.17) is 5.11 Å². The van der Waals surface area contributed by atoms with E-state index >= 15 is 0 Å². The highest BCUT2D eigenvalue weighted by Crippen LogP contribution is 2.22. The molecule has 0 heterocycles. The Morgan fingerprint density at radius 2 is 1.64 bits per heavy atom. The quantitative estimate of drug-likeness (QED) is 0.687. The van der Waals surface area contributed by atoms with Gasteiger partial charge in [0.25, 0.3) is 0 Å². The van der Waals surface area contributed by atoms with Crippen molar-refractivity contribution in [3.63, 3.8) is 0 Å². The zero-order valence-corrected chi connectivity index (χ0v) is 7.69. The molecule has 0 aromatic rings. The van der Waals surface area contributed by atoms with Crippen LogP contribution in [0.25, 0.3) is 0 Å². The molecule has 3 heteroatoms.